The molecule has 0 radical (unpaired) electrons. The summed E-state index contributed by atoms with van der Waals surface area (Å²) in [5.41, 5.74) is 0. The highest BCUT2D eigenvalue weighted by Gasteiger charge is 2.12. The van der Waals surface area contributed by atoms with Crippen LogP contribution in [0.5, 0.6) is 0 Å². The first-order chi connectivity index (χ1) is 6.79. The van der Waals surface area contributed by atoms with Gasteiger partial charge in [-0.15, -0.1) is 0 Å². The van der Waals surface area contributed by atoms with Crippen molar-refractivity contribution in [2.45, 2.75) is 45.3 Å². The van der Waals surface area contributed by atoms with Crippen molar-refractivity contribution in [3.63, 3.8) is 0 Å². The minimum absolute atomic E-state index is 0.461. The summed E-state index contributed by atoms with van der Waals surface area (Å²) in [6.45, 7) is 8.40. The first-order valence-electron chi connectivity index (χ1n) is 5.84. The third-order valence-corrected chi connectivity index (χ3v) is 2.50. The van der Waals surface area contributed by atoms with Crippen LogP contribution in [0.1, 0.15) is 33.1 Å². The molecular formula is C11H24N2O. The topological polar surface area (TPSA) is 33.3 Å². The predicted molar refractivity (Wildman–Crippen MR) is 59.6 cm³/mol. The Kier molecular flexibility index (Phi) is 6.15. The third kappa shape index (κ3) is 5.58. The fraction of sp³-hybridized carbons (Fsp3) is 1.00. The molecular weight excluding hydrogens is 176 g/mol. The van der Waals surface area contributed by atoms with Gasteiger partial charge in [-0.3, -0.25) is 0 Å². The molecule has 1 unspecified atom stereocenters. The second-order valence-electron chi connectivity index (χ2n) is 4.30. The van der Waals surface area contributed by atoms with Crippen molar-refractivity contribution in [2.24, 2.45) is 0 Å². The molecule has 1 saturated heterocycles. The highest BCUT2D eigenvalue weighted by molar-refractivity contribution is 4.66. The molecule has 1 fully saturated rings. The molecule has 0 aromatic rings. The minimum atomic E-state index is 0.461. The molecule has 0 bridgehead atoms. The fourth-order valence-corrected chi connectivity index (χ4v) is 1.68. The molecule has 84 valence electrons. The van der Waals surface area contributed by atoms with Gasteiger partial charge in [-0.05, 0) is 19.3 Å². The van der Waals surface area contributed by atoms with Crippen molar-refractivity contribution in [3.8, 4) is 0 Å². The monoisotopic (exact) mass is 200 g/mol. The SMILES string of the molecule is CC(C)NCCNCC1CCCCO1. The first-order valence-corrected chi connectivity index (χ1v) is 5.84. The van der Waals surface area contributed by atoms with Gasteiger partial charge in [-0.1, -0.05) is 13.8 Å². The number of nitrogens with one attached hydrogen (secondary N) is 2. The van der Waals surface area contributed by atoms with E-state index >= 15 is 0 Å². The molecule has 0 saturated carbocycles. The standard InChI is InChI=1S/C11H24N2O/c1-10(2)13-7-6-12-9-11-5-3-4-8-14-11/h10-13H,3-9H2,1-2H3. The van der Waals surface area contributed by atoms with E-state index in [4.69, 9.17) is 4.74 Å². The van der Waals surface area contributed by atoms with Gasteiger partial charge in [0.2, 0.25) is 0 Å². The van der Waals surface area contributed by atoms with E-state index in [1.165, 1.54) is 19.3 Å². The highest BCUT2D eigenvalue weighted by atomic mass is 16.5. The Morgan fingerprint density at radius 1 is 1.29 bits per heavy atom. The molecule has 0 spiro atoms. The van der Waals surface area contributed by atoms with Gasteiger partial charge in [0.1, 0.15) is 0 Å². The highest BCUT2D eigenvalue weighted by Crippen LogP contribution is 2.11. The zero-order chi connectivity index (χ0) is 10.2. The number of hydrogen-bond donors (Lipinski definition) is 2. The Balaban J connectivity index is 1.87. The molecule has 0 aromatic carbocycles. The molecule has 0 aliphatic carbocycles. The van der Waals surface area contributed by atoms with Gasteiger partial charge in [0.05, 0.1) is 6.10 Å². The molecule has 0 aromatic heterocycles. The Hall–Kier alpha value is -0.120. The van der Waals surface area contributed by atoms with Gasteiger partial charge in [0, 0.05) is 32.3 Å². The van der Waals surface area contributed by atoms with Crippen LogP contribution in [0.25, 0.3) is 0 Å². The van der Waals surface area contributed by atoms with Gasteiger partial charge in [0.25, 0.3) is 0 Å². The predicted octanol–water partition coefficient (Wildman–Crippen LogP) is 1.14. The van der Waals surface area contributed by atoms with Crippen molar-refractivity contribution in [1.29, 1.82) is 0 Å². The van der Waals surface area contributed by atoms with Gasteiger partial charge in [-0.2, -0.15) is 0 Å². The van der Waals surface area contributed by atoms with Crippen LogP contribution in [-0.4, -0.2) is 38.4 Å². The zero-order valence-corrected chi connectivity index (χ0v) is 9.51. The lowest BCUT2D eigenvalue weighted by atomic mass is 10.1. The van der Waals surface area contributed by atoms with E-state index in [2.05, 4.69) is 24.5 Å². The molecule has 1 heterocycles. The van der Waals surface area contributed by atoms with Crippen LogP contribution < -0.4 is 10.6 Å². The molecule has 0 amide bonds. The summed E-state index contributed by atoms with van der Waals surface area (Å²) in [4.78, 5) is 0. The maximum atomic E-state index is 5.62. The van der Waals surface area contributed by atoms with Crippen LogP contribution >= 0.6 is 0 Å². The summed E-state index contributed by atoms with van der Waals surface area (Å²) in [6, 6.07) is 0.586. The Labute approximate surface area is 87.6 Å². The summed E-state index contributed by atoms with van der Waals surface area (Å²) in [5.74, 6) is 0. The summed E-state index contributed by atoms with van der Waals surface area (Å²) < 4.78 is 5.62. The van der Waals surface area contributed by atoms with E-state index < -0.39 is 0 Å². The van der Waals surface area contributed by atoms with E-state index in [1.54, 1.807) is 0 Å². The molecule has 3 heteroatoms. The number of hydrogen-bond acceptors (Lipinski definition) is 3. The molecule has 1 aliphatic heterocycles. The van der Waals surface area contributed by atoms with Crippen molar-refractivity contribution in [3.05, 3.63) is 0 Å². The maximum absolute atomic E-state index is 5.62. The van der Waals surface area contributed by atoms with Gasteiger partial charge in [0.15, 0.2) is 0 Å². The smallest absolute Gasteiger partial charge is 0.0699 e. The second-order valence-corrected chi connectivity index (χ2v) is 4.30. The summed E-state index contributed by atoms with van der Waals surface area (Å²) in [5, 5.41) is 6.80. The van der Waals surface area contributed by atoms with Crippen LogP contribution in [-0.2, 0) is 4.74 Å². The lowest BCUT2D eigenvalue weighted by Crippen LogP contribution is -2.37. The number of ether oxygens (including phenoxy) is 1. The van der Waals surface area contributed by atoms with Crippen LogP contribution in [0.2, 0.25) is 0 Å². The van der Waals surface area contributed by atoms with Crippen molar-refractivity contribution < 1.29 is 4.74 Å². The maximum Gasteiger partial charge on any atom is 0.0699 e. The molecule has 1 aliphatic rings. The average molecular weight is 200 g/mol. The van der Waals surface area contributed by atoms with Crippen LogP contribution in [0.15, 0.2) is 0 Å². The summed E-state index contributed by atoms with van der Waals surface area (Å²) >= 11 is 0. The molecule has 2 N–H and O–H groups in total. The lowest BCUT2D eigenvalue weighted by Gasteiger charge is -2.22. The minimum Gasteiger partial charge on any atom is -0.377 e. The van der Waals surface area contributed by atoms with Crippen LogP contribution in [0, 0.1) is 0 Å². The van der Waals surface area contributed by atoms with E-state index in [1.807, 2.05) is 0 Å². The molecule has 1 atom stereocenters. The van der Waals surface area contributed by atoms with Crippen LogP contribution in [0.3, 0.4) is 0 Å². The summed E-state index contributed by atoms with van der Waals surface area (Å²) in [6.07, 6.45) is 4.26. The van der Waals surface area contributed by atoms with Gasteiger partial charge >= 0.3 is 0 Å². The summed E-state index contributed by atoms with van der Waals surface area (Å²) in [7, 11) is 0. The first kappa shape index (κ1) is 12.0. The van der Waals surface area contributed by atoms with Crippen molar-refractivity contribution >= 4 is 0 Å². The Morgan fingerprint density at radius 2 is 2.14 bits per heavy atom. The number of rotatable bonds is 6. The van der Waals surface area contributed by atoms with Gasteiger partial charge < -0.3 is 15.4 Å². The second kappa shape index (κ2) is 7.21. The average Bonchev–Trinajstić information content (AvgIpc) is 2.18. The van der Waals surface area contributed by atoms with E-state index in [0.717, 1.165) is 26.2 Å². The van der Waals surface area contributed by atoms with E-state index in [0.29, 0.717) is 12.1 Å². The Bertz CT molecular complexity index is 133. The largest absolute Gasteiger partial charge is 0.377 e. The molecule has 1 rings (SSSR count). The van der Waals surface area contributed by atoms with Crippen LogP contribution in [0.4, 0.5) is 0 Å². The molecule has 14 heavy (non-hydrogen) atoms. The third-order valence-electron chi connectivity index (χ3n) is 2.50. The lowest BCUT2D eigenvalue weighted by molar-refractivity contribution is 0.0171. The van der Waals surface area contributed by atoms with E-state index in [9.17, 15) is 0 Å². The van der Waals surface area contributed by atoms with Gasteiger partial charge in [-0.25, -0.2) is 0 Å². The normalized spacial score (nSPS) is 22.9. The fourth-order valence-electron chi connectivity index (χ4n) is 1.68. The van der Waals surface area contributed by atoms with E-state index in [-0.39, 0.29) is 0 Å². The van der Waals surface area contributed by atoms with Crippen molar-refractivity contribution in [2.75, 3.05) is 26.2 Å². The quantitative estimate of drug-likeness (QED) is 0.631. The molecule has 3 nitrogen and oxygen atoms in total. The Morgan fingerprint density at radius 3 is 2.79 bits per heavy atom. The van der Waals surface area contributed by atoms with Crippen molar-refractivity contribution in [1.82, 2.24) is 10.6 Å². The zero-order valence-electron chi connectivity index (χ0n) is 9.51.